The third-order valence-electron chi connectivity index (χ3n) is 4.53. The zero-order valence-electron chi connectivity index (χ0n) is 15.8. The van der Waals surface area contributed by atoms with Gasteiger partial charge in [-0.3, -0.25) is 4.79 Å². The minimum atomic E-state index is -0.229. The number of likely N-dealkylation sites (N-methyl/N-ethyl adjacent to an activating group) is 1. The Kier molecular flexibility index (Phi) is 6.87. The maximum absolute atomic E-state index is 12.5. The molecule has 7 heteroatoms. The summed E-state index contributed by atoms with van der Waals surface area (Å²) in [5.74, 6) is 1.06. The zero-order chi connectivity index (χ0) is 19.1. The van der Waals surface area contributed by atoms with Gasteiger partial charge in [0.1, 0.15) is 11.6 Å². The maximum Gasteiger partial charge on any atom is 0.266 e. The van der Waals surface area contributed by atoms with Gasteiger partial charge in [-0.2, -0.15) is 5.26 Å². The van der Waals surface area contributed by atoms with Gasteiger partial charge in [0.15, 0.2) is 11.5 Å². The molecule has 1 aromatic carbocycles. The third kappa shape index (κ3) is 4.67. The van der Waals surface area contributed by atoms with Crippen LogP contribution in [-0.4, -0.2) is 63.2 Å². The van der Waals surface area contributed by atoms with Crippen LogP contribution in [0, 0.1) is 11.3 Å². The molecular formula is C19H26N4O3. The Balaban J connectivity index is 2.06. The number of hydrogen-bond acceptors (Lipinski definition) is 6. The number of amides is 1. The number of nitrogens with zero attached hydrogens (tertiary/aromatic N) is 3. The van der Waals surface area contributed by atoms with Crippen molar-refractivity contribution in [2.75, 3.05) is 47.4 Å². The standard InChI is InChI=1S/C19H26N4O3/c1-14(15-5-6-17(25-3)18(11-15)26-4)21-13-16(12-20)19(24)23-9-7-22(2)8-10-23/h5-6,11,13-14,21H,7-10H2,1-4H3/b16-13-. The zero-order valence-corrected chi connectivity index (χ0v) is 15.8. The van der Waals surface area contributed by atoms with Gasteiger partial charge in [0, 0.05) is 38.4 Å². The molecule has 1 aliphatic heterocycles. The average Bonchev–Trinajstić information content (AvgIpc) is 2.68. The fourth-order valence-electron chi connectivity index (χ4n) is 2.75. The lowest BCUT2D eigenvalue weighted by Crippen LogP contribution is -2.47. The fraction of sp³-hybridized carbons (Fsp3) is 0.474. The molecule has 1 aliphatic rings. The Morgan fingerprint density at radius 1 is 1.23 bits per heavy atom. The van der Waals surface area contributed by atoms with E-state index in [4.69, 9.17) is 9.47 Å². The van der Waals surface area contributed by atoms with Gasteiger partial charge in [0.25, 0.3) is 5.91 Å². The number of rotatable bonds is 6. The molecule has 0 aromatic heterocycles. The second kappa shape index (κ2) is 9.11. The van der Waals surface area contributed by atoms with Crippen LogP contribution in [0.3, 0.4) is 0 Å². The van der Waals surface area contributed by atoms with Gasteiger partial charge in [0.05, 0.1) is 14.2 Å². The molecule has 0 aliphatic carbocycles. The van der Waals surface area contributed by atoms with Crippen LogP contribution in [-0.2, 0) is 4.79 Å². The monoisotopic (exact) mass is 358 g/mol. The van der Waals surface area contributed by atoms with E-state index >= 15 is 0 Å². The van der Waals surface area contributed by atoms with Crippen LogP contribution in [0.25, 0.3) is 0 Å². The summed E-state index contributed by atoms with van der Waals surface area (Å²) in [4.78, 5) is 16.4. The van der Waals surface area contributed by atoms with Crippen LogP contribution >= 0.6 is 0 Å². The molecule has 7 nitrogen and oxygen atoms in total. The van der Waals surface area contributed by atoms with Gasteiger partial charge in [-0.15, -0.1) is 0 Å². The van der Waals surface area contributed by atoms with E-state index in [1.807, 2.05) is 38.2 Å². The molecule has 1 amide bonds. The molecule has 0 saturated carbocycles. The number of hydrogen-bond donors (Lipinski definition) is 1. The fourth-order valence-corrected chi connectivity index (χ4v) is 2.75. The molecule has 1 saturated heterocycles. The predicted molar refractivity (Wildman–Crippen MR) is 98.9 cm³/mol. The molecule has 1 aromatic rings. The van der Waals surface area contributed by atoms with E-state index in [-0.39, 0.29) is 17.5 Å². The first-order valence-electron chi connectivity index (χ1n) is 8.56. The summed E-state index contributed by atoms with van der Waals surface area (Å²) < 4.78 is 10.6. The normalized spacial score (nSPS) is 16.6. The Hall–Kier alpha value is -2.72. The van der Waals surface area contributed by atoms with E-state index in [0.717, 1.165) is 18.7 Å². The van der Waals surface area contributed by atoms with E-state index in [2.05, 4.69) is 10.2 Å². The van der Waals surface area contributed by atoms with E-state index in [0.29, 0.717) is 24.6 Å². The van der Waals surface area contributed by atoms with Gasteiger partial charge in [0.2, 0.25) is 0 Å². The highest BCUT2D eigenvalue weighted by atomic mass is 16.5. The quantitative estimate of drug-likeness (QED) is 0.614. The molecule has 26 heavy (non-hydrogen) atoms. The number of ether oxygens (including phenoxy) is 2. The minimum Gasteiger partial charge on any atom is -0.493 e. The third-order valence-corrected chi connectivity index (χ3v) is 4.53. The summed E-state index contributed by atoms with van der Waals surface area (Å²) in [5, 5.41) is 12.5. The van der Waals surface area contributed by atoms with Crippen LogP contribution in [0.15, 0.2) is 30.0 Å². The second-order valence-corrected chi connectivity index (χ2v) is 6.27. The highest BCUT2D eigenvalue weighted by molar-refractivity contribution is 5.97. The van der Waals surface area contributed by atoms with Gasteiger partial charge in [-0.05, 0) is 31.7 Å². The highest BCUT2D eigenvalue weighted by Gasteiger charge is 2.22. The van der Waals surface area contributed by atoms with Gasteiger partial charge >= 0.3 is 0 Å². The molecule has 0 spiro atoms. The summed E-state index contributed by atoms with van der Waals surface area (Å²) in [6.45, 7) is 4.87. The lowest BCUT2D eigenvalue weighted by Gasteiger charge is -2.32. The number of methoxy groups -OCH3 is 2. The van der Waals surface area contributed by atoms with Crippen LogP contribution in [0.5, 0.6) is 11.5 Å². The smallest absolute Gasteiger partial charge is 0.266 e. The van der Waals surface area contributed by atoms with Crippen molar-refractivity contribution in [3.63, 3.8) is 0 Å². The molecule has 1 atom stereocenters. The number of carbonyl (C=O) groups excluding carboxylic acids is 1. The highest BCUT2D eigenvalue weighted by Crippen LogP contribution is 2.29. The molecule has 140 valence electrons. The van der Waals surface area contributed by atoms with E-state index in [1.54, 1.807) is 19.1 Å². The van der Waals surface area contributed by atoms with Crippen molar-refractivity contribution in [3.05, 3.63) is 35.5 Å². The summed E-state index contributed by atoms with van der Waals surface area (Å²) in [5.41, 5.74) is 1.07. The number of carbonyl (C=O) groups is 1. The van der Waals surface area contributed by atoms with Crippen molar-refractivity contribution in [3.8, 4) is 17.6 Å². The van der Waals surface area contributed by atoms with Crippen molar-refractivity contribution in [2.24, 2.45) is 0 Å². The molecule has 0 bridgehead atoms. The number of piperazine rings is 1. The Bertz CT molecular complexity index is 703. The van der Waals surface area contributed by atoms with Crippen LogP contribution in [0.1, 0.15) is 18.5 Å². The maximum atomic E-state index is 12.5. The minimum absolute atomic E-state index is 0.0987. The van der Waals surface area contributed by atoms with Crippen molar-refractivity contribution in [2.45, 2.75) is 13.0 Å². The number of nitriles is 1. The van der Waals surface area contributed by atoms with E-state index in [9.17, 15) is 10.1 Å². The van der Waals surface area contributed by atoms with Crippen molar-refractivity contribution < 1.29 is 14.3 Å². The molecule has 1 unspecified atom stereocenters. The van der Waals surface area contributed by atoms with Gasteiger partial charge in [-0.25, -0.2) is 0 Å². The molecule has 0 radical (unpaired) electrons. The second-order valence-electron chi connectivity index (χ2n) is 6.27. The predicted octanol–water partition coefficient (Wildman–Crippen LogP) is 1.54. The van der Waals surface area contributed by atoms with E-state index < -0.39 is 0 Å². The van der Waals surface area contributed by atoms with Crippen LogP contribution < -0.4 is 14.8 Å². The van der Waals surface area contributed by atoms with Gasteiger partial charge < -0.3 is 24.6 Å². The number of benzene rings is 1. The topological polar surface area (TPSA) is 77.8 Å². The lowest BCUT2D eigenvalue weighted by molar-refractivity contribution is -0.128. The van der Waals surface area contributed by atoms with Gasteiger partial charge in [-0.1, -0.05) is 6.07 Å². The van der Waals surface area contributed by atoms with Crippen molar-refractivity contribution in [1.29, 1.82) is 5.26 Å². The summed E-state index contributed by atoms with van der Waals surface area (Å²) in [6, 6.07) is 7.53. The van der Waals surface area contributed by atoms with Crippen molar-refractivity contribution >= 4 is 5.91 Å². The molecule has 1 fully saturated rings. The largest absolute Gasteiger partial charge is 0.493 e. The molecule has 1 N–H and O–H groups in total. The molecular weight excluding hydrogens is 332 g/mol. The van der Waals surface area contributed by atoms with Crippen LogP contribution in [0.2, 0.25) is 0 Å². The Morgan fingerprint density at radius 3 is 2.46 bits per heavy atom. The summed E-state index contributed by atoms with van der Waals surface area (Å²) in [6.07, 6.45) is 1.50. The first kappa shape index (κ1) is 19.6. The van der Waals surface area contributed by atoms with Crippen molar-refractivity contribution in [1.82, 2.24) is 15.1 Å². The van der Waals surface area contributed by atoms with Crippen LogP contribution in [0.4, 0.5) is 0 Å². The van der Waals surface area contributed by atoms with E-state index in [1.165, 1.54) is 6.20 Å². The molecule has 1 heterocycles. The average molecular weight is 358 g/mol. The lowest BCUT2D eigenvalue weighted by atomic mass is 10.1. The SMILES string of the molecule is COc1ccc(C(C)N/C=C(/C#N)C(=O)N2CCN(C)CC2)cc1OC. The number of nitrogens with one attached hydrogen (secondary N) is 1. The first-order valence-corrected chi connectivity index (χ1v) is 8.56. The Morgan fingerprint density at radius 2 is 1.88 bits per heavy atom. The Labute approximate surface area is 154 Å². The first-order chi connectivity index (χ1) is 12.5. The molecule has 2 rings (SSSR count). The summed E-state index contributed by atoms with van der Waals surface area (Å²) in [7, 11) is 5.20. The summed E-state index contributed by atoms with van der Waals surface area (Å²) >= 11 is 0.